The van der Waals surface area contributed by atoms with Gasteiger partial charge in [-0.15, -0.1) is 0 Å². The summed E-state index contributed by atoms with van der Waals surface area (Å²) in [6.07, 6.45) is 11.4. The van der Waals surface area contributed by atoms with Crippen LogP contribution >= 0.6 is 0 Å². The number of ether oxygens (including phenoxy) is 1. The van der Waals surface area contributed by atoms with Gasteiger partial charge in [0.25, 0.3) is 0 Å². The molecule has 3 aromatic rings. The molecule has 1 aromatic heterocycles. The van der Waals surface area contributed by atoms with Gasteiger partial charge >= 0.3 is 0 Å². The van der Waals surface area contributed by atoms with E-state index in [1.165, 1.54) is 25.3 Å². The smallest absolute Gasteiger partial charge is 0.193 e. The number of hydrogen-bond acceptors (Lipinski definition) is 4. The molecule has 34 heavy (non-hydrogen) atoms. The monoisotopic (exact) mass is 458 g/mol. The predicted molar refractivity (Wildman–Crippen MR) is 139 cm³/mol. The van der Waals surface area contributed by atoms with Crippen molar-refractivity contribution < 1.29 is 14.3 Å². The van der Waals surface area contributed by atoms with Gasteiger partial charge in [0.05, 0.1) is 12.0 Å². The van der Waals surface area contributed by atoms with Crippen LogP contribution < -0.4 is 10.2 Å². The maximum Gasteiger partial charge on any atom is 0.193 e. The third-order valence-electron chi connectivity index (χ3n) is 6.54. The minimum Gasteiger partial charge on any atom is -0.494 e. The van der Waals surface area contributed by atoms with Crippen LogP contribution in [-0.4, -0.2) is 11.7 Å². The predicted octanol–water partition coefficient (Wildman–Crippen LogP) is 7.05. The van der Waals surface area contributed by atoms with Crippen LogP contribution in [0.25, 0.3) is 21.7 Å². The summed E-state index contributed by atoms with van der Waals surface area (Å²) >= 11 is 0. The van der Waals surface area contributed by atoms with Gasteiger partial charge < -0.3 is 14.3 Å². The van der Waals surface area contributed by atoms with Gasteiger partial charge in [0.2, 0.25) is 0 Å². The zero-order valence-corrected chi connectivity index (χ0v) is 20.3. The molecule has 1 atom stereocenters. The Labute approximate surface area is 201 Å². The zero-order chi connectivity index (χ0) is 24.3. The molecular weight excluding hydrogens is 424 g/mol. The molecule has 1 heterocycles. The largest absolute Gasteiger partial charge is 0.494 e. The van der Waals surface area contributed by atoms with Crippen LogP contribution in [0.5, 0.6) is 5.75 Å². The van der Waals surface area contributed by atoms with Gasteiger partial charge in [-0.3, -0.25) is 4.79 Å². The standard InChI is InChI=1S/C30H34O4/c1-20(2)6-5-7-21(3)14-17-33-24-9-10-25-23(18-24)8-11-27-29(25)26(31)19-28(34-27)30(32)15-12-22(4)13-16-30/h8-13,15-16,18-21,32H,4-7,14,17H2,1-3H3. The lowest BCUT2D eigenvalue weighted by Gasteiger charge is -2.22. The zero-order valence-electron chi connectivity index (χ0n) is 20.3. The Morgan fingerprint density at radius 2 is 1.79 bits per heavy atom. The molecule has 0 spiro atoms. The fraction of sp³-hybridized carbons (Fsp3) is 0.367. The van der Waals surface area contributed by atoms with E-state index in [2.05, 4.69) is 27.4 Å². The van der Waals surface area contributed by atoms with Crippen LogP contribution in [0.2, 0.25) is 0 Å². The van der Waals surface area contributed by atoms with Crippen molar-refractivity contribution in [2.24, 2.45) is 11.8 Å². The Hall–Kier alpha value is -3.11. The van der Waals surface area contributed by atoms with Gasteiger partial charge in [-0.05, 0) is 71.0 Å². The van der Waals surface area contributed by atoms with E-state index in [-0.39, 0.29) is 11.2 Å². The third-order valence-corrected chi connectivity index (χ3v) is 6.54. The summed E-state index contributed by atoms with van der Waals surface area (Å²) in [6.45, 7) is 11.3. The van der Waals surface area contributed by atoms with Gasteiger partial charge in [0.15, 0.2) is 11.0 Å². The van der Waals surface area contributed by atoms with Gasteiger partial charge in [-0.1, -0.05) is 64.8 Å². The molecular formula is C30H34O4. The fourth-order valence-electron chi connectivity index (χ4n) is 4.39. The summed E-state index contributed by atoms with van der Waals surface area (Å²) in [5.74, 6) is 2.39. The highest BCUT2D eigenvalue weighted by molar-refractivity contribution is 6.05. The lowest BCUT2D eigenvalue weighted by atomic mass is 9.93. The van der Waals surface area contributed by atoms with Crippen LogP contribution in [0.1, 0.15) is 52.2 Å². The fourth-order valence-corrected chi connectivity index (χ4v) is 4.39. The second-order valence-electron chi connectivity index (χ2n) is 9.93. The molecule has 0 saturated heterocycles. The third kappa shape index (κ3) is 5.34. The van der Waals surface area contributed by atoms with E-state index in [1.54, 1.807) is 30.4 Å². The summed E-state index contributed by atoms with van der Waals surface area (Å²) in [6, 6.07) is 10.9. The summed E-state index contributed by atoms with van der Waals surface area (Å²) in [5, 5.41) is 13.2. The normalized spacial score (nSPS) is 16.0. The van der Waals surface area contributed by atoms with Crippen molar-refractivity contribution in [3.8, 4) is 5.75 Å². The van der Waals surface area contributed by atoms with Crippen molar-refractivity contribution in [3.63, 3.8) is 0 Å². The van der Waals surface area contributed by atoms with Crippen LogP contribution in [0.15, 0.2) is 82.1 Å². The van der Waals surface area contributed by atoms with Crippen LogP contribution in [0.4, 0.5) is 0 Å². The van der Waals surface area contributed by atoms with Gasteiger partial charge in [0, 0.05) is 6.07 Å². The maximum atomic E-state index is 13.1. The van der Waals surface area contributed by atoms with E-state index in [0.717, 1.165) is 34.4 Å². The molecule has 0 amide bonds. The van der Waals surface area contributed by atoms with E-state index in [1.807, 2.05) is 24.3 Å². The van der Waals surface area contributed by atoms with Crippen molar-refractivity contribution in [1.82, 2.24) is 0 Å². The Morgan fingerprint density at radius 1 is 1.03 bits per heavy atom. The summed E-state index contributed by atoms with van der Waals surface area (Å²) < 4.78 is 12.0. The minimum absolute atomic E-state index is 0.187. The molecule has 1 N–H and O–H groups in total. The minimum atomic E-state index is -1.47. The summed E-state index contributed by atoms with van der Waals surface area (Å²) in [7, 11) is 0. The topological polar surface area (TPSA) is 59.7 Å². The first-order valence-corrected chi connectivity index (χ1v) is 12.2. The van der Waals surface area contributed by atoms with Crippen LogP contribution in [0, 0.1) is 11.8 Å². The number of allylic oxidation sites excluding steroid dienone is 3. The molecule has 4 rings (SSSR count). The second kappa shape index (κ2) is 10.0. The summed E-state index contributed by atoms with van der Waals surface area (Å²) in [5.41, 5.74) is -0.436. The molecule has 0 fully saturated rings. The molecule has 4 heteroatoms. The second-order valence-corrected chi connectivity index (χ2v) is 9.93. The van der Waals surface area contributed by atoms with Crippen molar-refractivity contribution in [2.75, 3.05) is 6.61 Å². The Balaban J connectivity index is 1.51. The van der Waals surface area contributed by atoms with Gasteiger partial charge in [-0.2, -0.15) is 0 Å². The van der Waals surface area contributed by atoms with Crippen LogP contribution in [0.3, 0.4) is 0 Å². The number of hydrogen-bond donors (Lipinski definition) is 1. The molecule has 0 aliphatic heterocycles. The molecule has 0 radical (unpaired) electrons. The van der Waals surface area contributed by atoms with Gasteiger partial charge in [0.1, 0.15) is 17.1 Å². The van der Waals surface area contributed by atoms with Gasteiger partial charge in [-0.25, -0.2) is 0 Å². The van der Waals surface area contributed by atoms with Crippen molar-refractivity contribution in [1.29, 1.82) is 0 Å². The average Bonchev–Trinajstić information content (AvgIpc) is 2.80. The quantitative estimate of drug-likeness (QED) is 0.349. The van der Waals surface area contributed by atoms with Crippen molar-refractivity contribution in [2.45, 2.75) is 52.1 Å². The molecule has 4 nitrogen and oxygen atoms in total. The van der Waals surface area contributed by atoms with E-state index < -0.39 is 5.60 Å². The number of aliphatic hydroxyl groups is 1. The van der Waals surface area contributed by atoms with E-state index in [0.29, 0.717) is 23.5 Å². The van der Waals surface area contributed by atoms with E-state index >= 15 is 0 Å². The van der Waals surface area contributed by atoms with Crippen molar-refractivity contribution >= 4 is 21.7 Å². The molecule has 2 aromatic carbocycles. The maximum absolute atomic E-state index is 13.1. The molecule has 0 bridgehead atoms. The molecule has 1 aliphatic rings. The van der Waals surface area contributed by atoms with E-state index in [4.69, 9.17) is 9.15 Å². The molecule has 178 valence electrons. The highest BCUT2D eigenvalue weighted by Gasteiger charge is 2.29. The first-order chi connectivity index (χ1) is 16.2. The lowest BCUT2D eigenvalue weighted by Crippen LogP contribution is -2.23. The highest BCUT2D eigenvalue weighted by atomic mass is 16.5. The summed E-state index contributed by atoms with van der Waals surface area (Å²) in [4.78, 5) is 13.1. The molecule has 1 unspecified atom stereocenters. The lowest BCUT2D eigenvalue weighted by molar-refractivity contribution is 0.115. The first-order valence-electron chi connectivity index (χ1n) is 12.2. The van der Waals surface area contributed by atoms with Crippen molar-refractivity contribution in [3.05, 3.63) is 88.8 Å². The Morgan fingerprint density at radius 3 is 2.53 bits per heavy atom. The Bertz CT molecular complexity index is 1290. The number of rotatable bonds is 9. The number of benzene rings is 2. The van der Waals surface area contributed by atoms with E-state index in [9.17, 15) is 9.90 Å². The first kappa shape index (κ1) is 24.0. The Kier molecular flexibility index (Phi) is 7.08. The molecule has 1 aliphatic carbocycles. The highest BCUT2D eigenvalue weighted by Crippen LogP contribution is 2.32. The molecule has 0 saturated carbocycles. The van der Waals surface area contributed by atoms with Crippen LogP contribution in [-0.2, 0) is 5.60 Å². The number of fused-ring (bicyclic) bond motifs is 3. The SMILES string of the molecule is C=C1C=CC(O)(c2cc(=O)c3c(ccc4cc(OCCC(C)CCCC(C)C)ccc43)o2)C=C1. The average molecular weight is 459 g/mol.